The summed E-state index contributed by atoms with van der Waals surface area (Å²) >= 11 is 0. The topological polar surface area (TPSA) is 50.4 Å². The van der Waals surface area contributed by atoms with Gasteiger partial charge in [0.15, 0.2) is 0 Å². The van der Waals surface area contributed by atoms with Gasteiger partial charge in [0.05, 0.1) is 12.0 Å². The number of ether oxygens (including phenoxy) is 1. The Morgan fingerprint density at radius 3 is 2.68 bits per heavy atom. The van der Waals surface area contributed by atoms with Crippen LogP contribution in [0.5, 0.6) is 5.75 Å². The predicted octanol–water partition coefficient (Wildman–Crippen LogP) is 2.33. The minimum absolute atomic E-state index is 0.116. The Labute approximate surface area is 114 Å². The third-order valence-corrected chi connectivity index (χ3v) is 3.58. The lowest BCUT2D eigenvalue weighted by molar-refractivity contribution is -0.120. The molecule has 2 rings (SSSR count). The Kier molecular flexibility index (Phi) is 4.10. The van der Waals surface area contributed by atoms with Gasteiger partial charge in [-0.25, -0.2) is 0 Å². The smallest absolute Gasteiger partial charge is 0.231 e. The number of benzene rings is 1. The number of rotatable bonds is 6. The maximum absolute atomic E-state index is 12.2. The highest BCUT2D eigenvalue weighted by Gasteiger charge is 2.49. The largest absolute Gasteiger partial charge is 0.494 e. The molecule has 1 aliphatic carbocycles. The molecule has 0 saturated heterocycles. The second-order valence-corrected chi connectivity index (χ2v) is 5.18. The van der Waals surface area contributed by atoms with Gasteiger partial charge in [-0.1, -0.05) is 0 Å². The zero-order valence-electron chi connectivity index (χ0n) is 11.9. The first-order valence-electron chi connectivity index (χ1n) is 6.81. The molecule has 0 atom stereocenters. The standard InChI is InChI=1S/C15H22N2O2/c1-4-19-13-6-5-12(9-11(13)2)17-14(18)15(7-8-15)10-16-3/h5-6,9,16H,4,7-8,10H2,1-3H3,(H,17,18). The monoisotopic (exact) mass is 262 g/mol. The van der Waals surface area contributed by atoms with Gasteiger partial charge < -0.3 is 15.4 Å². The molecular formula is C15H22N2O2. The van der Waals surface area contributed by atoms with Crippen LogP contribution in [0.3, 0.4) is 0 Å². The molecule has 104 valence electrons. The van der Waals surface area contributed by atoms with Gasteiger partial charge in [-0.3, -0.25) is 4.79 Å². The van der Waals surface area contributed by atoms with E-state index >= 15 is 0 Å². The number of anilines is 1. The van der Waals surface area contributed by atoms with Gasteiger partial charge in [0.1, 0.15) is 5.75 Å². The van der Waals surface area contributed by atoms with E-state index in [0.717, 1.165) is 36.4 Å². The van der Waals surface area contributed by atoms with Gasteiger partial charge in [-0.05, 0) is 57.5 Å². The van der Waals surface area contributed by atoms with E-state index in [2.05, 4.69) is 10.6 Å². The number of hydrogen-bond donors (Lipinski definition) is 2. The van der Waals surface area contributed by atoms with Crippen LogP contribution in [0.15, 0.2) is 18.2 Å². The molecule has 0 spiro atoms. The Bertz CT molecular complexity index is 467. The van der Waals surface area contributed by atoms with Gasteiger partial charge >= 0.3 is 0 Å². The van der Waals surface area contributed by atoms with Crippen molar-refractivity contribution in [1.82, 2.24) is 5.32 Å². The zero-order valence-corrected chi connectivity index (χ0v) is 11.9. The van der Waals surface area contributed by atoms with Crippen LogP contribution in [0.1, 0.15) is 25.3 Å². The molecule has 2 N–H and O–H groups in total. The number of carbonyl (C=O) groups excluding carboxylic acids is 1. The second kappa shape index (κ2) is 5.61. The molecule has 0 unspecified atom stereocenters. The lowest BCUT2D eigenvalue weighted by Gasteiger charge is -2.15. The van der Waals surface area contributed by atoms with Crippen LogP contribution in [0.25, 0.3) is 0 Å². The quantitative estimate of drug-likeness (QED) is 0.827. The fourth-order valence-electron chi connectivity index (χ4n) is 2.28. The van der Waals surface area contributed by atoms with E-state index in [-0.39, 0.29) is 11.3 Å². The van der Waals surface area contributed by atoms with E-state index in [4.69, 9.17) is 4.74 Å². The van der Waals surface area contributed by atoms with Crippen molar-refractivity contribution in [2.24, 2.45) is 5.41 Å². The van der Waals surface area contributed by atoms with Crippen LogP contribution in [0.2, 0.25) is 0 Å². The fraction of sp³-hybridized carbons (Fsp3) is 0.533. The molecule has 4 nitrogen and oxygen atoms in total. The van der Waals surface area contributed by atoms with Gasteiger partial charge in [0.2, 0.25) is 5.91 Å². The Balaban J connectivity index is 2.03. The summed E-state index contributed by atoms with van der Waals surface area (Å²) in [6, 6.07) is 5.76. The van der Waals surface area contributed by atoms with Crippen LogP contribution in [0.4, 0.5) is 5.69 Å². The van der Waals surface area contributed by atoms with E-state index in [1.165, 1.54) is 0 Å². The maximum Gasteiger partial charge on any atom is 0.231 e. The predicted molar refractivity (Wildman–Crippen MR) is 76.6 cm³/mol. The van der Waals surface area contributed by atoms with Crippen molar-refractivity contribution in [3.63, 3.8) is 0 Å². The third-order valence-electron chi connectivity index (χ3n) is 3.58. The summed E-state index contributed by atoms with van der Waals surface area (Å²) in [5, 5.41) is 6.10. The Morgan fingerprint density at radius 2 is 2.16 bits per heavy atom. The van der Waals surface area contributed by atoms with Crippen molar-refractivity contribution >= 4 is 11.6 Å². The van der Waals surface area contributed by atoms with Crippen molar-refractivity contribution < 1.29 is 9.53 Å². The van der Waals surface area contributed by atoms with E-state index in [1.807, 2.05) is 39.1 Å². The van der Waals surface area contributed by atoms with E-state index in [9.17, 15) is 4.79 Å². The summed E-state index contributed by atoms with van der Waals surface area (Å²) in [5.41, 5.74) is 1.69. The SMILES string of the molecule is CCOc1ccc(NC(=O)C2(CNC)CC2)cc1C. The number of aryl methyl sites for hydroxylation is 1. The lowest BCUT2D eigenvalue weighted by Crippen LogP contribution is -2.32. The first-order valence-corrected chi connectivity index (χ1v) is 6.81. The highest BCUT2D eigenvalue weighted by Crippen LogP contribution is 2.45. The number of nitrogens with one attached hydrogen (secondary N) is 2. The highest BCUT2D eigenvalue weighted by atomic mass is 16.5. The molecule has 1 aliphatic rings. The molecule has 19 heavy (non-hydrogen) atoms. The first-order chi connectivity index (χ1) is 9.11. The zero-order chi connectivity index (χ0) is 13.9. The average Bonchev–Trinajstić information content (AvgIpc) is 3.14. The van der Waals surface area contributed by atoms with E-state index in [0.29, 0.717) is 6.61 Å². The molecule has 0 bridgehead atoms. The van der Waals surface area contributed by atoms with Crippen LogP contribution in [-0.4, -0.2) is 26.1 Å². The van der Waals surface area contributed by atoms with Crippen molar-refractivity contribution in [3.05, 3.63) is 23.8 Å². The number of carbonyl (C=O) groups is 1. The first kappa shape index (κ1) is 13.9. The van der Waals surface area contributed by atoms with E-state index in [1.54, 1.807) is 0 Å². The molecule has 1 aromatic rings. The van der Waals surface area contributed by atoms with Gasteiger partial charge in [-0.15, -0.1) is 0 Å². The lowest BCUT2D eigenvalue weighted by atomic mass is 10.1. The summed E-state index contributed by atoms with van der Waals surface area (Å²) in [6.07, 6.45) is 1.94. The third kappa shape index (κ3) is 3.07. The van der Waals surface area contributed by atoms with E-state index < -0.39 is 0 Å². The summed E-state index contributed by atoms with van der Waals surface area (Å²) in [4.78, 5) is 12.2. The highest BCUT2D eigenvalue weighted by molar-refractivity contribution is 5.97. The number of amides is 1. The summed E-state index contributed by atoms with van der Waals surface area (Å²) in [5.74, 6) is 0.988. The molecule has 4 heteroatoms. The molecule has 0 radical (unpaired) electrons. The molecule has 1 saturated carbocycles. The Morgan fingerprint density at radius 1 is 1.42 bits per heavy atom. The maximum atomic E-state index is 12.2. The summed E-state index contributed by atoms with van der Waals surface area (Å²) in [6.45, 7) is 5.34. The molecule has 0 aromatic heterocycles. The molecule has 0 aliphatic heterocycles. The average molecular weight is 262 g/mol. The molecular weight excluding hydrogens is 240 g/mol. The summed E-state index contributed by atoms with van der Waals surface area (Å²) in [7, 11) is 1.88. The molecule has 1 fully saturated rings. The van der Waals surface area contributed by atoms with Crippen molar-refractivity contribution in [3.8, 4) is 5.75 Å². The van der Waals surface area contributed by atoms with Crippen LogP contribution < -0.4 is 15.4 Å². The molecule has 1 amide bonds. The minimum Gasteiger partial charge on any atom is -0.494 e. The fourth-order valence-corrected chi connectivity index (χ4v) is 2.28. The van der Waals surface area contributed by atoms with Crippen molar-refractivity contribution in [2.45, 2.75) is 26.7 Å². The normalized spacial score (nSPS) is 15.9. The van der Waals surface area contributed by atoms with Crippen LogP contribution in [-0.2, 0) is 4.79 Å². The van der Waals surface area contributed by atoms with Crippen LogP contribution in [0, 0.1) is 12.3 Å². The van der Waals surface area contributed by atoms with Gasteiger partial charge in [0.25, 0.3) is 0 Å². The molecule has 0 heterocycles. The second-order valence-electron chi connectivity index (χ2n) is 5.18. The van der Waals surface area contributed by atoms with Gasteiger partial charge in [-0.2, -0.15) is 0 Å². The summed E-state index contributed by atoms with van der Waals surface area (Å²) < 4.78 is 5.49. The van der Waals surface area contributed by atoms with Gasteiger partial charge in [0, 0.05) is 12.2 Å². The van der Waals surface area contributed by atoms with Crippen LogP contribution >= 0.6 is 0 Å². The Hall–Kier alpha value is -1.55. The van der Waals surface area contributed by atoms with Crippen molar-refractivity contribution in [2.75, 3.05) is 25.5 Å². The minimum atomic E-state index is -0.193. The number of hydrogen-bond acceptors (Lipinski definition) is 3. The van der Waals surface area contributed by atoms with Crippen molar-refractivity contribution in [1.29, 1.82) is 0 Å². The molecule has 1 aromatic carbocycles.